The lowest BCUT2D eigenvalue weighted by molar-refractivity contribution is -0.118. The number of carbonyl (C=O) groups is 1. The average Bonchev–Trinajstić information content (AvgIpc) is 1.79. The molecule has 1 aliphatic heterocycles. The van der Waals surface area contributed by atoms with Crippen molar-refractivity contribution in [1.29, 1.82) is 0 Å². The van der Waals surface area contributed by atoms with Crippen molar-refractivity contribution in [2.75, 3.05) is 5.75 Å². The van der Waals surface area contributed by atoms with Gasteiger partial charge in [-0.1, -0.05) is 0 Å². The van der Waals surface area contributed by atoms with E-state index in [1.165, 1.54) is 6.92 Å². The molecule has 0 bridgehead atoms. The van der Waals surface area contributed by atoms with Crippen LogP contribution in [0.3, 0.4) is 0 Å². The minimum absolute atomic E-state index is 0.353. The fourth-order valence-electron chi connectivity index (χ4n) is 0.666. The van der Waals surface area contributed by atoms with E-state index in [1.54, 1.807) is 0 Å². The van der Waals surface area contributed by atoms with Crippen LogP contribution in [0.15, 0.2) is 0 Å². The van der Waals surface area contributed by atoms with Crippen molar-refractivity contribution in [3.05, 3.63) is 0 Å². The van der Waals surface area contributed by atoms with Crippen LogP contribution in [-0.2, 0) is 14.6 Å². The molecular formula is C4H7NO3S. The highest BCUT2D eigenvalue weighted by atomic mass is 32.2. The highest BCUT2D eigenvalue weighted by Crippen LogP contribution is 2.04. The second-order valence-corrected chi connectivity index (χ2v) is 4.34. The highest BCUT2D eigenvalue weighted by Gasteiger charge is 2.32. The SMILES string of the molecule is CC1NC(=O)CS1(=O)=O. The molecule has 1 amide bonds. The molecule has 5 heteroatoms. The summed E-state index contributed by atoms with van der Waals surface area (Å²) < 4.78 is 21.4. The molecule has 1 atom stereocenters. The van der Waals surface area contributed by atoms with Crippen molar-refractivity contribution >= 4 is 15.7 Å². The molecule has 0 aromatic carbocycles. The predicted molar refractivity (Wildman–Crippen MR) is 31.4 cm³/mol. The Morgan fingerprint density at radius 3 is 2.33 bits per heavy atom. The zero-order valence-electron chi connectivity index (χ0n) is 4.92. The standard InChI is InChI=1S/C4H7NO3S/c1-3-5-4(6)2-9(3,7)8/h3H,2H2,1H3,(H,5,6). The van der Waals surface area contributed by atoms with E-state index in [1.807, 2.05) is 0 Å². The first-order chi connectivity index (χ1) is 4.02. The second kappa shape index (κ2) is 1.70. The summed E-state index contributed by atoms with van der Waals surface area (Å²) in [5.74, 6) is -0.753. The van der Waals surface area contributed by atoms with Crippen molar-refractivity contribution in [3.63, 3.8) is 0 Å². The molecular weight excluding hydrogens is 142 g/mol. The van der Waals surface area contributed by atoms with Gasteiger partial charge in [-0.05, 0) is 6.92 Å². The lowest BCUT2D eigenvalue weighted by Gasteiger charge is -1.97. The predicted octanol–water partition coefficient (Wildman–Crippen LogP) is -1.12. The Balaban J connectivity index is 2.95. The Morgan fingerprint density at radius 1 is 1.67 bits per heavy atom. The quantitative estimate of drug-likeness (QED) is 0.474. The molecule has 0 spiro atoms. The van der Waals surface area contributed by atoms with Crippen LogP contribution >= 0.6 is 0 Å². The summed E-state index contributed by atoms with van der Waals surface area (Å²) >= 11 is 0. The Hall–Kier alpha value is -0.580. The molecule has 0 aromatic rings. The zero-order valence-corrected chi connectivity index (χ0v) is 5.73. The number of sulfone groups is 1. The van der Waals surface area contributed by atoms with Crippen molar-refractivity contribution < 1.29 is 13.2 Å². The highest BCUT2D eigenvalue weighted by molar-refractivity contribution is 7.93. The molecule has 1 fully saturated rings. The van der Waals surface area contributed by atoms with E-state index >= 15 is 0 Å². The lowest BCUT2D eigenvalue weighted by atomic mass is 10.6. The number of rotatable bonds is 0. The second-order valence-electron chi connectivity index (χ2n) is 2.02. The lowest BCUT2D eigenvalue weighted by Crippen LogP contribution is -2.25. The molecule has 1 saturated heterocycles. The van der Waals surface area contributed by atoms with Crippen LogP contribution in [0.1, 0.15) is 6.92 Å². The van der Waals surface area contributed by atoms with Crippen LogP contribution in [-0.4, -0.2) is 25.5 Å². The Morgan fingerprint density at radius 2 is 2.22 bits per heavy atom. The number of nitrogens with one attached hydrogen (secondary N) is 1. The van der Waals surface area contributed by atoms with Crippen molar-refractivity contribution in [1.82, 2.24) is 5.32 Å². The molecule has 9 heavy (non-hydrogen) atoms. The number of carbonyl (C=O) groups excluding carboxylic acids is 1. The third-order valence-electron chi connectivity index (χ3n) is 1.24. The van der Waals surface area contributed by atoms with Gasteiger partial charge in [-0.3, -0.25) is 4.79 Å². The van der Waals surface area contributed by atoms with Gasteiger partial charge >= 0.3 is 0 Å². The van der Waals surface area contributed by atoms with Crippen LogP contribution in [0.25, 0.3) is 0 Å². The third-order valence-corrected chi connectivity index (χ3v) is 3.09. The van der Waals surface area contributed by atoms with E-state index in [9.17, 15) is 13.2 Å². The van der Waals surface area contributed by atoms with E-state index in [0.29, 0.717) is 0 Å². The first-order valence-electron chi connectivity index (χ1n) is 2.53. The summed E-state index contributed by atoms with van der Waals surface area (Å²) in [6.07, 6.45) is 0. The number of hydrogen-bond donors (Lipinski definition) is 1. The van der Waals surface area contributed by atoms with Crippen molar-refractivity contribution in [2.45, 2.75) is 12.3 Å². The molecule has 52 valence electrons. The monoisotopic (exact) mass is 149 g/mol. The van der Waals surface area contributed by atoms with Gasteiger partial charge in [0, 0.05) is 0 Å². The molecule has 1 rings (SSSR count). The Labute approximate surface area is 53.2 Å². The molecule has 0 aliphatic carbocycles. The van der Waals surface area contributed by atoms with Gasteiger partial charge in [0.1, 0.15) is 11.1 Å². The maximum atomic E-state index is 10.7. The number of hydrogen-bond acceptors (Lipinski definition) is 3. The van der Waals surface area contributed by atoms with Gasteiger partial charge in [0.2, 0.25) is 5.91 Å². The molecule has 0 radical (unpaired) electrons. The van der Waals surface area contributed by atoms with Gasteiger partial charge in [0.05, 0.1) is 0 Å². The Bertz CT molecular complexity index is 230. The minimum atomic E-state index is -3.13. The van der Waals surface area contributed by atoms with Crippen LogP contribution in [0.5, 0.6) is 0 Å². The maximum absolute atomic E-state index is 10.7. The summed E-state index contributed by atoms with van der Waals surface area (Å²) in [4.78, 5) is 10.4. The smallest absolute Gasteiger partial charge is 0.236 e. The molecule has 1 N–H and O–H groups in total. The van der Waals surface area contributed by atoms with E-state index in [2.05, 4.69) is 5.32 Å². The summed E-state index contributed by atoms with van der Waals surface area (Å²) in [5.41, 5.74) is 0. The van der Waals surface area contributed by atoms with E-state index in [4.69, 9.17) is 0 Å². The van der Waals surface area contributed by atoms with Gasteiger partial charge < -0.3 is 5.32 Å². The van der Waals surface area contributed by atoms with Crippen LogP contribution in [0, 0.1) is 0 Å². The van der Waals surface area contributed by atoms with E-state index in [-0.39, 0.29) is 5.75 Å². The minimum Gasteiger partial charge on any atom is -0.339 e. The molecule has 1 heterocycles. The van der Waals surface area contributed by atoms with Crippen molar-refractivity contribution in [3.8, 4) is 0 Å². The summed E-state index contributed by atoms with van der Waals surface area (Å²) in [6.45, 7) is 1.46. The van der Waals surface area contributed by atoms with Crippen molar-refractivity contribution in [2.24, 2.45) is 0 Å². The summed E-state index contributed by atoms with van der Waals surface area (Å²) in [6, 6.07) is 0. The van der Waals surface area contributed by atoms with Gasteiger partial charge in [0.15, 0.2) is 9.84 Å². The topological polar surface area (TPSA) is 63.2 Å². The molecule has 0 aromatic heterocycles. The first kappa shape index (κ1) is 6.54. The van der Waals surface area contributed by atoms with Crippen LogP contribution in [0.4, 0.5) is 0 Å². The van der Waals surface area contributed by atoms with Gasteiger partial charge in [-0.15, -0.1) is 0 Å². The molecule has 4 nitrogen and oxygen atoms in total. The van der Waals surface area contributed by atoms with Crippen LogP contribution < -0.4 is 5.32 Å². The fourth-order valence-corrected chi connectivity index (χ4v) is 1.68. The average molecular weight is 149 g/mol. The largest absolute Gasteiger partial charge is 0.339 e. The van der Waals surface area contributed by atoms with E-state index < -0.39 is 21.1 Å². The van der Waals surface area contributed by atoms with Gasteiger partial charge in [0.25, 0.3) is 0 Å². The maximum Gasteiger partial charge on any atom is 0.236 e. The normalized spacial score (nSPS) is 32.1. The molecule has 1 aliphatic rings. The summed E-state index contributed by atoms with van der Waals surface area (Å²) in [7, 11) is -3.13. The van der Waals surface area contributed by atoms with E-state index in [0.717, 1.165) is 0 Å². The number of amides is 1. The molecule has 0 saturated carbocycles. The fraction of sp³-hybridized carbons (Fsp3) is 0.750. The van der Waals surface area contributed by atoms with Gasteiger partial charge in [-0.25, -0.2) is 8.42 Å². The third kappa shape index (κ3) is 1.05. The van der Waals surface area contributed by atoms with Crippen LogP contribution in [0.2, 0.25) is 0 Å². The first-order valence-corrected chi connectivity index (χ1v) is 4.25. The molecule has 1 unspecified atom stereocenters. The summed E-state index contributed by atoms with van der Waals surface area (Å²) in [5, 5.41) is 1.59. The zero-order chi connectivity index (χ0) is 7.07. The Kier molecular flexibility index (Phi) is 1.23. The van der Waals surface area contributed by atoms with Gasteiger partial charge in [-0.2, -0.15) is 0 Å².